The summed E-state index contributed by atoms with van der Waals surface area (Å²) in [4.78, 5) is 15.0. The Labute approximate surface area is 124 Å². The first-order valence-corrected chi connectivity index (χ1v) is 7.00. The Morgan fingerprint density at radius 3 is 2.57 bits per heavy atom. The standard InChI is InChI=1S/C17H19NO3/c1-3-4-13-5-7-14(8-6-13)10-15-11-21-16(18-15)9-12(2)17(19)20/h5-8,11H,2-4,9-10H2,1H3,(H,19,20). The van der Waals surface area contributed by atoms with Crippen molar-refractivity contribution in [2.75, 3.05) is 0 Å². The molecule has 0 saturated carbocycles. The van der Waals surface area contributed by atoms with Crippen molar-refractivity contribution in [1.82, 2.24) is 4.98 Å². The van der Waals surface area contributed by atoms with Crippen LogP contribution in [0.5, 0.6) is 0 Å². The molecular weight excluding hydrogens is 266 g/mol. The van der Waals surface area contributed by atoms with Gasteiger partial charge in [-0.1, -0.05) is 44.2 Å². The lowest BCUT2D eigenvalue weighted by molar-refractivity contribution is -0.132. The van der Waals surface area contributed by atoms with Crippen LogP contribution in [0.15, 0.2) is 47.1 Å². The molecule has 110 valence electrons. The van der Waals surface area contributed by atoms with Crippen molar-refractivity contribution in [1.29, 1.82) is 0 Å². The molecular formula is C17H19NO3. The summed E-state index contributed by atoms with van der Waals surface area (Å²) in [5, 5.41) is 8.79. The molecule has 4 heteroatoms. The van der Waals surface area contributed by atoms with Crippen molar-refractivity contribution in [2.45, 2.75) is 32.6 Å². The highest BCUT2D eigenvalue weighted by atomic mass is 16.4. The number of carboxylic acid groups (broad SMARTS) is 1. The van der Waals surface area contributed by atoms with Crippen LogP contribution in [0.2, 0.25) is 0 Å². The third-order valence-electron chi connectivity index (χ3n) is 3.21. The van der Waals surface area contributed by atoms with Gasteiger partial charge in [-0.3, -0.25) is 0 Å². The topological polar surface area (TPSA) is 63.3 Å². The monoisotopic (exact) mass is 285 g/mol. The molecule has 0 unspecified atom stereocenters. The maximum Gasteiger partial charge on any atom is 0.331 e. The first-order valence-electron chi connectivity index (χ1n) is 7.00. The van der Waals surface area contributed by atoms with Gasteiger partial charge in [0.05, 0.1) is 12.1 Å². The molecule has 0 bridgehead atoms. The van der Waals surface area contributed by atoms with Crippen molar-refractivity contribution in [2.24, 2.45) is 0 Å². The van der Waals surface area contributed by atoms with Crippen molar-refractivity contribution < 1.29 is 14.3 Å². The maximum atomic E-state index is 10.7. The third-order valence-corrected chi connectivity index (χ3v) is 3.21. The zero-order valence-corrected chi connectivity index (χ0v) is 12.1. The molecule has 1 heterocycles. The predicted octanol–water partition coefficient (Wildman–Crippen LogP) is 3.40. The smallest absolute Gasteiger partial charge is 0.331 e. The summed E-state index contributed by atoms with van der Waals surface area (Å²) in [7, 11) is 0. The molecule has 0 amide bonds. The summed E-state index contributed by atoms with van der Waals surface area (Å²) in [6.07, 6.45) is 4.61. The van der Waals surface area contributed by atoms with Crippen LogP contribution in [-0.4, -0.2) is 16.1 Å². The fourth-order valence-electron chi connectivity index (χ4n) is 2.09. The average Bonchev–Trinajstić information content (AvgIpc) is 2.88. The fourth-order valence-corrected chi connectivity index (χ4v) is 2.09. The van der Waals surface area contributed by atoms with Crippen LogP contribution in [0.4, 0.5) is 0 Å². The predicted molar refractivity (Wildman–Crippen MR) is 80.2 cm³/mol. The Morgan fingerprint density at radius 1 is 1.29 bits per heavy atom. The number of rotatable bonds is 7. The van der Waals surface area contributed by atoms with Gasteiger partial charge in [-0.2, -0.15) is 0 Å². The number of benzene rings is 1. The number of nitrogens with zero attached hydrogens (tertiary/aromatic N) is 1. The molecule has 0 saturated heterocycles. The molecule has 1 aromatic heterocycles. The third kappa shape index (κ3) is 4.31. The second kappa shape index (κ2) is 6.88. The van der Waals surface area contributed by atoms with Crippen molar-refractivity contribution in [3.8, 4) is 0 Å². The van der Waals surface area contributed by atoms with Crippen LogP contribution in [-0.2, 0) is 24.1 Å². The molecule has 0 spiro atoms. The van der Waals surface area contributed by atoms with E-state index in [2.05, 4.69) is 42.8 Å². The molecule has 0 aliphatic carbocycles. The SMILES string of the molecule is C=C(Cc1nc(Cc2ccc(CCC)cc2)co1)C(=O)O. The summed E-state index contributed by atoms with van der Waals surface area (Å²) >= 11 is 0. The maximum absolute atomic E-state index is 10.7. The van der Waals surface area contributed by atoms with E-state index in [1.807, 2.05) is 0 Å². The van der Waals surface area contributed by atoms with Gasteiger partial charge in [-0.05, 0) is 17.5 Å². The Kier molecular flexibility index (Phi) is 4.93. The molecule has 2 rings (SSSR count). The van der Waals surface area contributed by atoms with Crippen LogP contribution >= 0.6 is 0 Å². The van der Waals surface area contributed by atoms with Gasteiger partial charge in [-0.15, -0.1) is 0 Å². The van der Waals surface area contributed by atoms with E-state index in [1.54, 1.807) is 6.26 Å². The fraction of sp³-hybridized carbons (Fsp3) is 0.294. The van der Waals surface area contributed by atoms with Gasteiger partial charge in [-0.25, -0.2) is 9.78 Å². The second-order valence-corrected chi connectivity index (χ2v) is 5.06. The lowest BCUT2D eigenvalue weighted by atomic mass is 10.1. The van der Waals surface area contributed by atoms with Crippen LogP contribution in [0.3, 0.4) is 0 Å². The van der Waals surface area contributed by atoms with E-state index < -0.39 is 5.97 Å². The molecule has 21 heavy (non-hydrogen) atoms. The van der Waals surface area contributed by atoms with Crippen LogP contribution in [0, 0.1) is 0 Å². The Hall–Kier alpha value is -2.36. The number of aryl methyl sites for hydroxylation is 1. The first-order chi connectivity index (χ1) is 10.1. The normalized spacial score (nSPS) is 10.5. The molecule has 1 aromatic carbocycles. The van der Waals surface area contributed by atoms with Gasteiger partial charge in [0, 0.05) is 12.0 Å². The molecule has 0 atom stereocenters. The lowest BCUT2D eigenvalue weighted by Crippen LogP contribution is -2.02. The van der Waals surface area contributed by atoms with Crippen molar-refractivity contribution >= 4 is 5.97 Å². The van der Waals surface area contributed by atoms with E-state index in [9.17, 15) is 4.79 Å². The Bertz CT molecular complexity index is 626. The summed E-state index contributed by atoms with van der Waals surface area (Å²) in [6.45, 7) is 5.63. The first kappa shape index (κ1) is 15.0. The van der Waals surface area contributed by atoms with E-state index in [0.717, 1.165) is 24.1 Å². The number of aromatic nitrogens is 1. The lowest BCUT2D eigenvalue weighted by Gasteiger charge is -2.01. The molecule has 0 aliphatic heterocycles. The Morgan fingerprint density at radius 2 is 1.95 bits per heavy atom. The highest BCUT2D eigenvalue weighted by Gasteiger charge is 2.10. The molecule has 0 aliphatic rings. The zero-order chi connectivity index (χ0) is 15.2. The van der Waals surface area contributed by atoms with Crippen molar-refractivity contribution in [3.05, 3.63) is 65.4 Å². The second-order valence-electron chi connectivity index (χ2n) is 5.06. The average molecular weight is 285 g/mol. The van der Waals surface area contributed by atoms with Crippen LogP contribution in [0.25, 0.3) is 0 Å². The number of oxazole rings is 1. The van der Waals surface area contributed by atoms with E-state index in [4.69, 9.17) is 9.52 Å². The van der Waals surface area contributed by atoms with Gasteiger partial charge >= 0.3 is 5.97 Å². The van der Waals surface area contributed by atoms with E-state index in [1.165, 1.54) is 5.56 Å². The minimum atomic E-state index is -1.03. The number of hydrogen-bond acceptors (Lipinski definition) is 3. The largest absolute Gasteiger partial charge is 0.478 e. The highest BCUT2D eigenvalue weighted by Crippen LogP contribution is 2.13. The molecule has 1 N–H and O–H groups in total. The Balaban J connectivity index is 1.98. The van der Waals surface area contributed by atoms with Gasteiger partial charge in [0.1, 0.15) is 6.26 Å². The zero-order valence-electron chi connectivity index (χ0n) is 12.1. The molecule has 4 nitrogen and oxygen atoms in total. The van der Waals surface area contributed by atoms with E-state index in [-0.39, 0.29) is 12.0 Å². The number of hydrogen-bond donors (Lipinski definition) is 1. The van der Waals surface area contributed by atoms with Gasteiger partial charge in [0.25, 0.3) is 0 Å². The summed E-state index contributed by atoms with van der Waals surface area (Å²) in [5.41, 5.74) is 3.37. The van der Waals surface area contributed by atoms with E-state index >= 15 is 0 Å². The summed E-state index contributed by atoms with van der Waals surface area (Å²) in [5.74, 6) is -0.638. The minimum Gasteiger partial charge on any atom is -0.478 e. The highest BCUT2D eigenvalue weighted by molar-refractivity contribution is 5.86. The van der Waals surface area contributed by atoms with Crippen LogP contribution < -0.4 is 0 Å². The quantitative estimate of drug-likeness (QED) is 0.792. The number of carbonyl (C=O) groups is 1. The molecule has 2 aromatic rings. The minimum absolute atomic E-state index is 0.0762. The van der Waals surface area contributed by atoms with E-state index in [0.29, 0.717) is 12.3 Å². The van der Waals surface area contributed by atoms with Crippen molar-refractivity contribution in [3.63, 3.8) is 0 Å². The van der Waals surface area contributed by atoms with Gasteiger partial charge in [0.2, 0.25) is 0 Å². The molecule has 0 radical (unpaired) electrons. The summed E-state index contributed by atoms with van der Waals surface area (Å²) < 4.78 is 5.28. The summed E-state index contributed by atoms with van der Waals surface area (Å²) in [6, 6.07) is 8.45. The number of aliphatic carboxylic acids is 1. The van der Waals surface area contributed by atoms with Crippen LogP contribution in [0.1, 0.15) is 36.1 Å². The molecule has 0 fully saturated rings. The number of carboxylic acids is 1. The van der Waals surface area contributed by atoms with Gasteiger partial charge < -0.3 is 9.52 Å². The van der Waals surface area contributed by atoms with Gasteiger partial charge in [0.15, 0.2) is 5.89 Å².